The van der Waals surface area contributed by atoms with Crippen LogP contribution in [0.1, 0.15) is 26.7 Å². The van der Waals surface area contributed by atoms with E-state index in [1.807, 2.05) is 0 Å². The van der Waals surface area contributed by atoms with E-state index in [2.05, 4.69) is 31.3 Å². The number of hydrogen-bond acceptors (Lipinski definition) is 4. The third-order valence-corrected chi connectivity index (χ3v) is 4.59. The molecule has 0 amide bonds. The zero-order valence-corrected chi connectivity index (χ0v) is 11.6. The van der Waals surface area contributed by atoms with Crippen molar-refractivity contribution >= 4 is 14.5 Å². The molecule has 0 rings (SSSR count). The summed E-state index contributed by atoms with van der Waals surface area (Å²) in [7, 11) is -1.74. The molecule has 0 heterocycles. The molecule has 4 nitrogen and oxygen atoms in total. The molecule has 0 aromatic carbocycles. The Morgan fingerprint density at radius 2 is 2.12 bits per heavy atom. The smallest absolute Gasteiger partial charge is 0.405 e. The van der Waals surface area contributed by atoms with Crippen molar-refractivity contribution in [2.24, 2.45) is 0 Å². The van der Waals surface area contributed by atoms with Crippen molar-refractivity contribution in [1.29, 1.82) is 0 Å². The van der Waals surface area contributed by atoms with Crippen molar-refractivity contribution in [2.75, 3.05) is 0 Å². The monoisotopic (exact) mass is 246 g/mol. The fourth-order valence-corrected chi connectivity index (χ4v) is 3.64. The van der Waals surface area contributed by atoms with Gasteiger partial charge in [-0.1, -0.05) is 26.3 Å². The Hall–Kier alpha value is -0.813. The summed E-state index contributed by atoms with van der Waals surface area (Å²) in [5.74, 6) is 0. The highest BCUT2D eigenvalue weighted by molar-refractivity contribution is 6.71. The zero-order valence-electron chi connectivity index (χ0n) is 10.6. The number of hydrogen-bond donors (Lipinski definition) is 0. The second-order valence-corrected chi connectivity index (χ2v) is 8.46. The van der Waals surface area contributed by atoms with E-state index in [9.17, 15) is 4.79 Å². The van der Waals surface area contributed by atoms with Crippen LogP contribution in [0.25, 0.3) is 0 Å². The molecule has 0 aromatic rings. The fraction of sp³-hybridized carbons (Fsp3) is 0.727. The summed E-state index contributed by atoms with van der Waals surface area (Å²) >= 11 is 0. The van der Waals surface area contributed by atoms with Crippen molar-refractivity contribution in [3.8, 4) is 0 Å². The van der Waals surface area contributed by atoms with E-state index in [0.29, 0.717) is 0 Å². The highest BCUT2D eigenvalue weighted by Crippen LogP contribution is 2.17. The molecule has 0 aliphatic carbocycles. The van der Waals surface area contributed by atoms with Crippen LogP contribution in [0, 0.1) is 0 Å². The lowest BCUT2D eigenvalue weighted by Gasteiger charge is -2.26. The van der Waals surface area contributed by atoms with E-state index < -0.39 is 20.8 Å². The highest BCUT2D eigenvalue weighted by Gasteiger charge is 2.26. The molecule has 0 aliphatic heterocycles. The summed E-state index contributed by atoms with van der Waals surface area (Å²) in [4.78, 5) is 11.0. The van der Waals surface area contributed by atoms with Gasteiger partial charge in [0.1, 0.15) is 0 Å². The molecule has 0 saturated carbocycles. The predicted octanol–water partition coefficient (Wildman–Crippen LogP) is 3.65. The van der Waals surface area contributed by atoms with Gasteiger partial charge in [0.2, 0.25) is 0 Å². The van der Waals surface area contributed by atoms with Crippen molar-refractivity contribution in [2.45, 2.75) is 52.1 Å². The Morgan fingerprint density at radius 3 is 2.62 bits per heavy atom. The van der Waals surface area contributed by atoms with E-state index in [1.165, 1.54) is 0 Å². The molecule has 94 valence electrons. The summed E-state index contributed by atoms with van der Waals surface area (Å²) < 4.78 is 15.1. The average molecular weight is 246 g/mol. The van der Waals surface area contributed by atoms with Gasteiger partial charge in [0.05, 0.1) is 6.26 Å². The molecule has 0 aromatic heterocycles. The van der Waals surface area contributed by atoms with E-state index in [-0.39, 0.29) is 0 Å². The van der Waals surface area contributed by atoms with Gasteiger partial charge in [-0.2, -0.15) is 0 Å². The number of carbonyl (C=O) groups excluding carboxylic acids is 1. The van der Waals surface area contributed by atoms with Gasteiger partial charge in [0.25, 0.3) is 0 Å². The summed E-state index contributed by atoms with van der Waals surface area (Å²) in [5, 5.41) is 0. The number of ether oxygens (including phenoxy) is 2. The van der Waals surface area contributed by atoms with E-state index in [0.717, 1.165) is 25.1 Å². The first kappa shape index (κ1) is 15.2. The van der Waals surface area contributed by atoms with Crippen LogP contribution in [0.2, 0.25) is 19.1 Å². The van der Waals surface area contributed by atoms with Crippen molar-refractivity contribution in [3.05, 3.63) is 12.8 Å². The standard InChI is InChI=1S/C11H22O4Si/c1-6-8-9-16(4,5)15-10(3)14-11(12)13-7-2/h7,10H,2,6,8-9H2,1,3-5H3. The van der Waals surface area contributed by atoms with Gasteiger partial charge in [-0.05, 0) is 26.1 Å². The van der Waals surface area contributed by atoms with Gasteiger partial charge in [0.15, 0.2) is 14.6 Å². The minimum atomic E-state index is -1.74. The lowest BCUT2D eigenvalue weighted by molar-refractivity contribution is -0.0480. The number of unbranched alkanes of at least 4 members (excludes halogenated alkanes) is 1. The Kier molecular flexibility index (Phi) is 7.08. The first-order valence-electron chi connectivity index (χ1n) is 5.57. The van der Waals surface area contributed by atoms with Crippen molar-refractivity contribution < 1.29 is 18.7 Å². The molecule has 0 fully saturated rings. The van der Waals surface area contributed by atoms with E-state index in [4.69, 9.17) is 9.16 Å². The topological polar surface area (TPSA) is 44.8 Å². The molecule has 16 heavy (non-hydrogen) atoms. The van der Waals surface area contributed by atoms with Gasteiger partial charge >= 0.3 is 6.16 Å². The molecule has 1 unspecified atom stereocenters. The van der Waals surface area contributed by atoms with Crippen LogP contribution >= 0.6 is 0 Å². The van der Waals surface area contributed by atoms with E-state index in [1.54, 1.807) is 6.92 Å². The molecule has 0 saturated heterocycles. The van der Waals surface area contributed by atoms with Crippen LogP contribution in [-0.4, -0.2) is 20.8 Å². The van der Waals surface area contributed by atoms with E-state index >= 15 is 0 Å². The third-order valence-electron chi connectivity index (χ3n) is 2.06. The zero-order chi connectivity index (χ0) is 12.6. The molecule has 0 N–H and O–H groups in total. The lowest BCUT2D eigenvalue weighted by atomic mass is 10.4. The summed E-state index contributed by atoms with van der Waals surface area (Å²) in [6.07, 6.45) is 1.99. The first-order valence-corrected chi connectivity index (χ1v) is 8.69. The maximum Gasteiger partial charge on any atom is 0.515 e. The number of rotatable bonds is 7. The number of carbonyl (C=O) groups is 1. The maximum atomic E-state index is 11.0. The Morgan fingerprint density at radius 1 is 1.50 bits per heavy atom. The molecule has 0 bridgehead atoms. The summed E-state index contributed by atoms with van der Waals surface area (Å²) in [6.45, 7) is 11.3. The molecule has 0 radical (unpaired) electrons. The quantitative estimate of drug-likeness (QED) is 0.298. The summed E-state index contributed by atoms with van der Waals surface area (Å²) in [5.41, 5.74) is 0. The molecular weight excluding hydrogens is 224 g/mol. The minimum Gasteiger partial charge on any atom is -0.405 e. The van der Waals surface area contributed by atoms with Gasteiger partial charge < -0.3 is 13.9 Å². The van der Waals surface area contributed by atoms with Crippen molar-refractivity contribution in [1.82, 2.24) is 0 Å². The van der Waals surface area contributed by atoms with Crippen LogP contribution in [0.5, 0.6) is 0 Å². The van der Waals surface area contributed by atoms with Gasteiger partial charge in [0, 0.05) is 0 Å². The van der Waals surface area contributed by atoms with Gasteiger partial charge in [-0.25, -0.2) is 4.79 Å². The van der Waals surface area contributed by atoms with Gasteiger partial charge in [-0.15, -0.1) is 0 Å². The highest BCUT2D eigenvalue weighted by atomic mass is 28.4. The minimum absolute atomic E-state index is 0.564. The Bertz CT molecular complexity index is 228. The normalized spacial score (nSPS) is 13.0. The Balaban J connectivity index is 3.96. The molecule has 1 atom stereocenters. The van der Waals surface area contributed by atoms with Crippen LogP contribution in [-0.2, 0) is 13.9 Å². The Labute approximate surface area is 98.7 Å². The van der Waals surface area contributed by atoms with Gasteiger partial charge in [-0.3, -0.25) is 0 Å². The van der Waals surface area contributed by atoms with Crippen LogP contribution in [0.4, 0.5) is 4.79 Å². The first-order chi connectivity index (χ1) is 7.41. The largest absolute Gasteiger partial charge is 0.515 e. The average Bonchev–Trinajstić information content (AvgIpc) is 2.13. The molecular formula is C11H22O4Si. The SMILES string of the molecule is C=COC(=O)OC(C)O[Si](C)(C)CCCC. The molecule has 0 aliphatic rings. The predicted molar refractivity (Wildman–Crippen MR) is 65.5 cm³/mol. The maximum absolute atomic E-state index is 11.0. The lowest BCUT2D eigenvalue weighted by Crippen LogP contribution is -2.36. The second kappa shape index (κ2) is 7.46. The fourth-order valence-electron chi connectivity index (χ4n) is 1.37. The second-order valence-electron chi connectivity index (χ2n) is 4.20. The van der Waals surface area contributed by atoms with Crippen LogP contribution in [0.3, 0.4) is 0 Å². The molecule has 5 heteroatoms. The van der Waals surface area contributed by atoms with Crippen LogP contribution in [0.15, 0.2) is 12.8 Å². The molecule has 0 spiro atoms. The van der Waals surface area contributed by atoms with Crippen molar-refractivity contribution in [3.63, 3.8) is 0 Å². The third kappa shape index (κ3) is 7.47. The van der Waals surface area contributed by atoms with Crippen LogP contribution < -0.4 is 0 Å². The summed E-state index contributed by atoms with van der Waals surface area (Å²) in [6, 6.07) is 1.06.